The molecule has 0 bridgehead atoms. The van der Waals surface area contributed by atoms with Gasteiger partial charge in [0.15, 0.2) is 40.5 Å². The Balaban J connectivity index is 1.10. The minimum atomic E-state index is -0.525. The summed E-state index contributed by atoms with van der Waals surface area (Å²) in [6, 6.07) is 60.2. The molecule has 2 aliphatic rings. The van der Waals surface area contributed by atoms with Crippen molar-refractivity contribution in [1.82, 2.24) is 15.0 Å². The summed E-state index contributed by atoms with van der Waals surface area (Å²) in [6.45, 7) is 0. The van der Waals surface area contributed by atoms with Crippen LogP contribution in [0.1, 0.15) is 22.3 Å². The van der Waals surface area contributed by atoms with Crippen molar-refractivity contribution in [3.05, 3.63) is 198 Å². The minimum Gasteiger partial charge on any atom is -0.449 e. The Morgan fingerprint density at radius 2 is 0.882 bits per heavy atom. The van der Waals surface area contributed by atoms with Gasteiger partial charge in [-0.15, -0.1) is 0 Å². The quantitative estimate of drug-likeness (QED) is 0.185. The lowest BCUT2D eigenvalue weighted by atomic mass is 9.68. The molecule has 0 saturated carbocycles. The van der Waals surface area contributed by atoms with Crippen LogP contribution in [-0.2, 0) is 5.41 Å². The summed E-state index contributed by atoms with van der Waals surface area (Å²) in [4.78, 5) is 14.7. The summed E-state index contributed by atoms with van der Waals surface area (Å²) < 4.78 is 13.5. The minimum absolute atomic E-state index is 0.525. The number of hydrogen-bond donors (Lipinski definition) is 0. The number of hydrogen-bond acceptors (Lipinski definition) is 5. The van der Waals surface area contributed by atoms with E-state index in [0.29, 0.717) is 40.5 Å². The van der Waals surface area contributed by atoms with Crippen molar-refractivity contribution in [3.8, 4) is 68.3 Å². The predicted octanol–water partition coefficient (Wildman–Crippen LogP) is 11.1. The van der Waals surface area contributed by atoms with Crippen LogP contribution < -0.4 is 9.47 Å². The van der Waals surface area contributed by atoms with Gasteiger partial charge in [-0.25, -0.2) is 15.0 Å². The maximum Gasteiger partial charge on any atom is 0.178 e. The average molecular weight is 656 g/mol. The van der Waals surface area contributed by atoms with Gasteiger partial charge in [0.05, 0.1) is 5.41 Å². The molecule has 8 aromatic rings. The summed E-state index contributed by atoms with van der Waals surface area (Å²) in [5.74, 6) is 4.38. The smallest absolute Gasteiger partial charge is 0.178 e. The molecule has 0 atom stereocenters. The zero-order valence-electron chi connectivity index (χ0n) is 27.4. The van der Waals surface area contributed by atoms with Crippen LogP contribution in [0.15, 0.2) is 176 Å². The van der Waals surface area contributed by atoms with Gasteiger partial charge in [-0.2, -0.15) is 0 Å². The van der Waals surface area contributed by atoms with Crippen LogP contribution in [0.2, 0.25) is 0 Å². The monoisotopic (exact) mass is 655 g/mol. The van der Waals surface area contributed by atoms with E-state index in [4.69, 9.17) is 24.4 Å². The standard InChI is InChI=1S/C46H29N3O2/c1-5-15-30(16-6-1)43-47-44(31-17-7-2-8-18-31)49-45(48-43)32-25-27-38-40(29-32)50-39-28-26-37-41(42(39)51-38)35-23-13-14-24-36(35)46(37,33-19-9-3-10-20-33)34-21-11-4-12-22-34/h1-29H. The molecule has 0 spiro atoms. The largest absolute Gasteiger partial charge is 0.449 e. The zero-order chi connectivity index (χ0) is 33.8. The molecule has 51 heavy (non-hydrogen) atoms. The van der Waals surface area contributed by atoms with E-state index in [2.05, 4.69) is 91.0 Å². The molecule has 5 nitrogen and oxygen atoms in total. The van der Waals surface area contributed by atoms with Crippen molar-refractivity contribution in [2.24, 2.45) is 0 Å². The summed E-state index contributed by atoms with van der Waals surface area (Å²) >= 11 is 0. The Labute approximate surface area is 295 Å². The first-order valence-corrected chi connectivity index (χ1v) is 17.0. The molecule has 240 valence electrons. The van der Waals surface area contributed by atoms with E-state index in [1.165, 1.54) is 16.7 Å². The van der Waals surface area contributed by atoms with Crippen LogP contribution in [0.4, 0.5) is 0 Å². The SMILES string of the molecule is c1ccc(-c2nc(-c3ccccc3)nc(-c3ccc4c(c3)Oc3ccc5c(c3O4)-c3ccccc3C5(c3ccccc3)c3ccccc3)n2)cc1. The van der Waals surface area contributed by atoms with E-state index in [-0.39, 0.29) is 0 Å². The molecule has 1 aromatic heterocycles. The van der Waals surface area contributed by atoms with Crippen molar-refractivity contribution in [2.75, 3.05) is 0 Å². The van der Waals surface area contributed by atoms with Crippen LogP contribution in [0.3, 0.4) is 0 Å². The number of fused-ring (bicyclic) bond motifs is 6. The first kappa shape index (κ1) is 29.1. The lowest BCUT2D eigenvalue weighted by Gasteiger charge is -2.34. The zero-order valence-corrected chi connectivity index (χ0v) is 27.4. The fourth-order valence-electron chi connectivity index (χ4n) is 7.64. The lowest BCUT2D eigenvalue weighted by molar-refractivity contribution is 0.360. The molecule has 2 heterocycles. The van der Waals surface area contributed by atoms with Gasteiger partial charge in [0.25, 0.3) is 0 Å². The third-order valence-corrected chi connectivity index (χ3v) is 9.87. The van der Waals surface area contributed by atoms with E-state index < -0.39 is 5.41 Å². The molecule has 0 unspecified atom stereocenters. The molecule has 0 N–H and O–H groups in total. The van der Waals surface area contributed by atoms with E-state index in [1.807, 2.05) is 84.9 Å². The molecule has 1 aliphatic carbocycles. The maximum absolute atomic E-state index is 6.84. The third kappa shape index (κ3) is 4.59. The van der Waals surface area contributed by atoms with Gasteiger partial charge < -0.3 is 9.47 Å². The van der Waals surface area contributed by atoms with Crippen molar-refractivity contribution < 1.29 is 9.47 Å². The topological polar surface area (TPSA) is 57.1 Å². The van der Waals surface area contributed by atoms with Crippen LogP contribution in [0.5, 0.6) is 23.0 Å². The second-order valence-corrected chi connectivity index (χ2v) is 12.7. The Hall–Kier alpha value is -6.85. The van der Waals surface area contributed by atoms with Gasteiger partial charge >= 0.3 is 0 Å². The highest BCUT2D eigenvalue weighted by molar-refractivity contribution is 5.92. The molecule has 0 fully saturated rings. The van der Waals surface area contributed by atoms with Crippen LogP contribution in [-0.4, -0.2) is 15.0 Å². The fraction of sp³-hybridized carbons (Fsp3) is 0.0217. The van der Waals surface area contributed by atoms with Crippen molar-refractivity contribution in [2.45, 2.75) is 5.41 Å². The van der Waals surface area contributed by atoms with Crippen molar-refractivity contribution >= 4 is 0 Å². The third-order valence-electron chi connectivity index (χ3n) is 9.87. The van der Waals surface area contributed by atoms with Crippen LogP contribution in [0, 0.1) is 0 Å². The van der Waals surface area contributed by atoms with Gasteiger partial charge in [-0.1, -0.05) is 152 Å². The predicted molar refractivity (Wildman–Crippen MR) is 200 cm³/mol. The first-order chi connectivity index (χ1) is 25.3. The number of ether oxygens (including phenoxy) is 2. The fourth-order valence-corrected chi connectivity index (χ4v) is 7.64. The summed E-state index contributed by atoms with van der Waals surface area (Å²) in [7, 11) is 0. The summed E-state index contributed by atoms with van der Waals surface area (Å²) in [5, 5.41) is 0. The van der Waals surface area contributed by atoms with Gasteiger partial charge in [0.2, 0.25) is 0 Å². The Morgan fingerprint density at radius 3 is 1.49 bits per heavy atom. The molecular formula is C46H29N3O2. The molecule has 0 radical (unpaired) electrons. The van der Waals surface area contributed by atoms with Gasteiger partial charge in [-0.05, 0) is 52.1 Å². The number of benzene rings is 7. The number of aromatic nitrogens is 3. The molecular weight excluding hydrogens is 627 g/mol. The van der Waals surface area contributed by atoms with E-state index in [0.717, 1.165) is 33.4 Å². The molecule has 0 amide bonds. The van der Waals surface area contributed by atoms with E-state index in [9.17, 15) is 0 Å². The second kappa shape index (κ2) is 11.6. The normalized spacial score (nSPS) is 13.2. The highest BCUT2D eigenvalue weighted by Crippen LogP contribution is 2.62. The van der Waals surface area contributed by atoms with Crippen LogP contribution >= 0.6 is 0 Å². The van der Waals surface area contributed by atoms with Gasteiger partial charge in [0, 0.05) is 22.3 Å². The molecule has 5 heteroatoms. The average Bonchev–Trinajstić information content (AvgIpc) is 3.52. The Kier molecular flexibility index (Phi) is 6.64. The van der Waals surface area contributed by atoms with Gasteiger partial charge in [-0.3, -0.25) is 0 Å². The highest BCUT2D eigenvalue weighted by Gasteiger charge is 2.48. The number of nitrogens with zero attached hydrogens (tertiary/aromatic N) is 3. The van der Waals surface area contributed by atoms with Crippen molar-refractivity contribution in [1.29, 1.82) is 0 Å². The molecule has 10 rings (SSSR count). The van der Waals surface area contributed by atoms with Crippen LogP contribution in [0.25, 0.3) is 45.3 Å². The highest BCUT2D eigenvalue weighted by atomic mass is 16.6. The second-order valence-electron chi connectivity index (χ2n) is 12.7. The summed E-state index contributed by atoms with van der Waals surface area (Å²) in [6.07, 6.45) is 0. The van der Waals surface area contributed by atoms with E-state index in [1.54, 1.807) is 0 Å². The maximum atomic E-state index is 6.84. The lowest BCUT2D eigenvalue weighted by Crippen LogP contribution is -2.28. The van der Waals surface area contributed by atoms with E-state index >= 15 is 0 Å². The molecule has 0 saturated heterocycles. The first-order valence-electron chi connectivity index (χ1n) is 17.0. The van der Waals surface area contributed by atoms with Gasteiger partial charge in [0.1, 0.15) is 0 Å². The number of rotatable bonds is 5. The molecule has 7 aromatic carbocycles. The van der Waals surface area contributed by atoms with Crippen molar-refractivity contribution in [3.63, 3.8) is 0 Å². The summed E-state index contributed by atoms with van der Waals surface area (Å²) in [5.41, 5.74) is 9.07. The Bertz CT molecular complexity index is 2480. The molecule has 1 aliphatic heterocycles. The Morgan fingerprint density at radius 1 is 0.373 bits per heavy atom.